The maximum absolute atomic E-state index is 10.9. The molecule has 0 bridgehead atoms. The first-order chi connectivity index (χ1) is 7.18. The lowest BCUT2D eigenvalue weighted by atomic mass is 10.1. The van der Waals surface area contributed by atoms with Gasteiger partial charge in [0.05, 0.1) is 6.10 Å². The number of nitrogens with one attached hydrogen (secondary N) is 1. The van der Waals surface area contributed by atoms with Crippen LogP contribution in [0.3, 0.4) is 0 Å². The van der Waals surface area contributed by atoms with Crippen molar-refractivity contribution in [2.24, 2.45) is 11.8 Å². The fraction of sp³-hybridized carbons (Fsp3) is 0.909. The van der Waals surface area contributed by atoms with Crippen LogP contribution in [0.15, 0.2) is 0 Å². The van der Waals surface area contributed by atoms with Crippen molar-refractivity contribution in [1.29, 1.82) is 0 Å². The first kappa shape index (κ1) is 10.9. The molecule has 86 valence electrons. The van der Waals surface area contributed by atoms with Gasteiger partial charge in [0, 0.05) is 6.54 Å². The van der Waals surface area contributed by atoms with Gasteiger partial charge in [-0.3, -0.25) is 4.79 Å². The van der Waals surface area contributed by atoms with Crippen LogP contribution in [0.25, 0.3) is 0 Å². The molecule has 2 fully saturated rings. The second-order valence-corrected chi connectivity index (χ2v) is 4.82. The van der Waals surface area contributed by atoms with E-state index in [-0.39, 0.29) is 12.0 Å². The van der Waals surface area contributed by atoms with Gasteiger partial charge in [-0.1, -0.05) is 6.42 Å². The summed E-state index contributed by atoms with van der Waals surface area (Å²) in [5.41, 5.74) is 0. The molecule has 2 saturated carbocycles. The number of carbonyl (C=O) groups is 1. The third-order valence-corrected chi connectivity index (χ3v) is 3.58. The van der Waals surface area contributed by atoms with Crippen molar-refractivity contribution in [2.75, 3.05) is 6.54 Å². The number of aliphatic hydroxyl groups excluding tert-OH is 1. The van der Waals surface area contributed by atoms with Crippen LogP contribution in [-0.4, -0.2) is 34.9 Å². The molecule has 0 radical (unpaired) electrons. The smallest absolute Gasteiger partial charge is 0.320 e. The van der Waals surface area contributed by atoms with Gasteiger partial charge in [-0.25, -0.2) is 0 Å². The monoisotopic (exact) mass is 213 g/mol. The molecule has 4 heteroatoms. The molecule has 0 spiro atoms. The molecule has 2 aliphatic rings. The van der Waals surface area contributed by atoms with Crippen molar-refractivity contribution in [3.8, 4) is 0 Å². The predicted molar refractivity (Wildman–Crippen MR) is 55.5 cm³/mol. The number of carboxylic acid groups (broad SMARTS) is 1. The summed E-state index contributed by atoms with van der Waals surface area (Å²) in [6, 6.07) is -0.391. The summed E-state index contributed by atoms with van der Waals surface area (Å²) >= 11 is 0. The fourth-order valence-electron chi connectivity index (χ4n) is 2.42. The van der Waals surface area contributed by atoms with E-state index in [1.165, 1.54) is 0 Å². The SMILES string of the molecule is O=C(O)C(NCC1CCCC1O)C1CC1. The van der Waals surface area contributed by atoms with Crippen LogP contribution in [0, 0.1) is 11.8 Å². The first-order valence-electron chi connectivity index (χ1n) is 5.82. The number of hydrogen-bond donors (Lipinski definition) is 3. The Labute approximate surface area is 89.7 Å². The van der Waals surface area contributed by atoms with Gasteiger partial charge in [0.15, 0.2) is 0 Å². The Kier molecular flexibility index (Phi) is 3.26. The number of rotatable bonds is 5. The lowest BCUT2D eigenvalue weighted by molar-refractivity contribution is -0.140. The fourth-order valence-corrected chi connectivity index (χ4v) is 2.42. The van der Waals surface area contributed by atoms with Crippen molar-refractivity contribution in [1.82, 2.24) is 5.32 Å². The van der Waals surface area contributed by atoms with E-state index in [4.69, 9.17) is 5.11 Å². The number of aliphatic hydroxyl groups is 1. The Morgan fingerprint density at radius 2 is 2.07 bits per heavy atom. The van der Waals surface area contributed by atoms with Crippen LogP contribution in [0.2, 0.25) is 0 Å². The van der Waals surface area contributed by atoms with Crippen LogP contribution >= 0.6 is 0 Å². The van der Waals surface area contributed by atoms with E-state index < -0.39 is 12.0 Å². The molecule has 3 unspecified atom stereocenters. The maximum atomic E-state index is 10.9. The topological polar surface area (TPSA) is 69.6 Å². The Hall–Kier alpha value is -0.610. The van der Waals surface area contributed by atoms with E-state index in [9.17, 15) is 9.90 Å². The van der Waals surface area contributed by atoms with Gasteiger partial charge in [0.25, 0.3) is 0 Å². The van der Waals surface area contributed by atoms with Crippen molar-refractivity contribution in [2.45, 2.75) is 44.2 Å². The number of aliphatic carboxylic acids is 1. The summed E-state index contributed by atoms with van der Waals surface area (Å²) in [6.07, 6.45) is 4.77. The van der Waals surface area contributed by atoms with Gasteiger partial charge in [-0.2, -0.15) is 0 Å². The molecule has 0 amide bonds. The van der Waals surface area contributed by atoms with E-state index in [0.717, 1.165) is 32.1 Å². The van der Waals surface area contributed by atoms with Gasteiger partial charge >= 0.3 is 5.97 Å². The minimum Gasteiger partial charge on any atom is -0.480 e. The minimum atomic E-state index is -0.745. The molecule has 2 aliphatic carbocycles. The zero-order valence-electron chi connectivity index (χ0n) is 8.85. The van der Waals surface area contributed by atoms with Crippen LogP contribution in [0.5, 0.6) is 0 Å². The zero-order chi connectivity index (χ0) is 10.8. The summed E-state index contributed by atoms with van der Waals surface area (Å²) in [6.45, 7) is 0.647. The lowest BCUT2D eigenvalue weighted by Gasteiger charge is -2.19. The van der Waals surface area contributed by atoms with Gasteiger partial charge in [-0.05, 0) is 37.5 Å². The minimum absolute atomic E-state index is 0.230. The van der Waals surface area contributed by atoms with Crippen LogP contribution in [-0.2, 0) is 4.79 Å². The molecular formula is C11H19NO3. The third kappa shape index (κ3) is 2.69. The summed E-state index contributed by atoms with van der Waals surface area (Å²) in [4.78, 5) is 10.9. The van der Waals surface area contributed by atoms with E-state index in [1.54, 1.807) is 0 Å². The second-order valence-electron chi connectivity index (χ2n) is 4.82. The molecule has 0 aromatic rings. The molecule has 15 heavy (non-hydrogen) atoms. The zero-order valence-corrected chi connectivity index (χ0v) is 8.85. The highest BCUT2D eigenvalue weighted by Crippen LogP contribution is 2.33. The predicted octanol–water partition coefficient (Wildman–Crippen LogP) is 0.600. The van der Waals surface area contributed by atoms with Gasteiger partial charge in [0.2, 0.25) is 0 Å². The Bertz CT molecular complexity index is 240. The molecule has 0 saturated heterocycles. The normalized spacial score (nSPS) is 32.9. The summed E-state index contributed by atoms with van der Waals surface area (Å²) in [5, 5.41) is 21.7. The van der Waals surface area contributed by atoms with E-state index in [2.05, 4.69) is 5.32 Å². The van der Waals surface area contributed by atoms with Crippen molar-refractivity contribution in [3.63, 3.8) is 0 Å². The molecular weight excluding hydrogens is 194 g/mol. The molecule has 3 atom stereocenters. The van der Waals surface area contributed by atoms with E-state index in [0.29, 0.717) is 12.5 Å². The average molecular weight is 213 g/mol. The van der Waals surface area contributed by atoms with E-state index >= 15 is 0 Å². The molecule has 0 aromatic heterocycles. The largest absolute Gasteiger partial charge is 0.480 e. The quantitative estimate of drug-likeness (QED) is 0.625. The van der Waals surface area contributed by atoms with Crippen LogP contribution in [0.1, 0.15) is 32.1 Å². The summed E-state index contributed by atoms with van der Waals surface area (Å²) in [5.74, 6) is -0.170. The highest BCUT2D eigenvalue weighted by atomic mass is 16.4. The molecule has 3 N–H and O–H groups in total. The van der Waals surface area contributed by atoms with Crippen LogP contribution in [0.4, 0.5) is 0 Å². The highest BCUT2D eigenvalue weighted by molar-refractivity contribution is 5.74. The third-order valence-electron chi connectivity index (χ3n) is 3.58. The molecule has 0 aliphatic heterocycles. The number of carboxylic acids is 1. The van der Waals surface area contributed by atoms with Gasteiger partial charge in [-0.15, -0.1) is 0 Å². The maximum Gasteiger partial charge on any atom is 0.320 e. The van der Waals surface area contributed by atoms with E-state index in [1.807, 2.05) is 0 Å². The molecule has 2 rings (SSSR count). The summed E-state index contributed by atoms with van der Waals surface area (Å²) < 4.78 is 0. The molecule has 4 nitrogen and oxygen atoms in total. The van der Waals surface area contributed by atoms with Gasteiger partial charge < -0.3 is 15.5 Å². The first-order valence-corrected chi connectivity index (χ1v) is 5.82. The molecule has 0 heterocycles. The highest BCUT2D eigenvalue weighted by Gasteiger charge is 2.37. The van der Waals surface area contributed by atoms with Crippen molar-refractivity contribution in [3.05, 3.63) is 0 Å². The van der Waals surface area contributed by atoms with Crippen molar-refractivity contribution < 1.29 is 15.0 Å². The Morgan fingerprint density at radius 1 is 1.33 bits per heavy atom. The average Bonchev–Trinajstić information content (AvgIpc) is 2.92. The van der Waals surface area contributed by atoms with Crippen LogP contribution < -0.4 is 5.32 Å². The summed E-state index contributed by atoms with van der Waals surface area (Å²) in [7, 11) is 0. The van der Waals surface area contributed by atoms with Crippen molar-refractivity contribution >= 4 is 5.97 Å². The number of hydrogen-bond acceptors (Lipinski definition) is 3. The second kappa shape index (κ2) is 4.49. The van der Waals surface area contributed by atoms with Gasteiger partial charge in [0.1, 0.15) is 6.04 Å². The molecule has 0 aromatic carbocycles. The lowest BCUT2D eigenvalue weighted by Crippen LogP contribution is -2.42. The Morgan fingerprint density at radius 3 is 2.53 bits per heavy atom. The standard InChI is InChI=1S/C11H19NO3/c13-9-3-1-2-8(9)6-12-10(11(14)15)7-4-5-7/h7-10,12-13H,1-6H2,(H,14,15). The Balaban J connectivity index is 1.77.